The van der Waals surface area contributed by atoms with E-state index >= 15 is 0 Å². The van der Waals surface area contributed by atoms with Crippen molar-refractivity contribution in [1.82, 2.24) is 24.6 Å². The van der Waals surface area contributed by atoms with Crippen molar-refractivity contribution in [2.24, 2.45) is 0 Å². The Hall–Kier alpha value is -3.67. The first-order chi connectivity index (χ1) is 14.6. The van der Waals surface area contributed by atoms with E-state index in [1.165, 1.54) is 6.33 Å². The lowest BCUT2D eigenvalue weighted by Gasteiger charge is -2.31. The second-order valence-corrected chi connectivity index (χ2v) is 7.37. The van der Waals surface area contributed by atoms with Crippen LogP contribution in [-0.2, 0) is 4.74 Å². The van der Waals surface area contributed by atoms with Crippen LogP contribution >= 0.6 is 0 Å². The van der Waals surface area contributed by atoms with Crippen LogP contribution in [-0.4, -0.2) is 49.9 Å². The second kappa shape index (κ2) is 8.37. The van der Waals surface area contributed by atoms with Gasteiger partial charge in [-0.05, 0) is 38.8 Å². The molecule has 0 atom stereocenters. The van der Waals surface area contributed by atoms with E-state index in [9.17, 15) is 10.1 Å². The van der Waals surface area contributed by atoms with Crippen molar-refractivity contribution in [3.05, 3.63) is 42.4 Å². The monoisotopic (exact) mass is 406 g/mol. The topological polar surface area (TPSA) is 106 Å². The third kappa shape index (κ3) is 3.89. The maximum absolute atomic E-state index is 12.1. The maximum atomic E-state index is 12.1. The van der Waals surface area contributed by atoms with Crippen molar-refractivity contribution in [3.63, 3.8) is 0 Å². The largest absolute Gasteiger partial charge is 0.447 e. The standard InChI is InChI=1S/C21H22N6O3/c1-14(2)29-21(28)26-9-7-16(8-10-26)27-19-17(12-25-27)20(24-13-23-19)30-18-6-4-3-5-15(18)11-22/h3-6,12-14,16H,7-10H2,1-2H3. The fourth-order valence-corrected chi connectivity index (χ4v) is 3.51. The Balaban J connectivity index is 1.53. The first kappa shape index (κ1) is 19.6. The van der Waals surface area contributed by atoms with Crippen molar-refractivity contribution >= 4 is 17.1 Å². The van der Waals surface area contributed by atoms with E-state index in [2.05, 4.69) is 21.1 Å². The molecule has 3 aromatic rings. The van der Waals surface area contributed by atoms with Gasteiger partial charge in [0.25, 0.3) is 0 Å². The Labute approximate surface area is 173 Å². The van der Waals surface area contributed by atoms with E-state index < -0.39 is 0 Å². The van der Waals surface area contributed by atoms with Gasteiger partial charge in [0.2, 0.25) is 5.88 Å². The summed E-state index contributed by atoms with van der Waals surface area (Å²) in [7, 11) is 0. The van der Waals surface area contributed by atoms with Crippen LogP contribution in [0.25, 0.3) is 11.0 Å². The van der Waals surface area contributed by atoms with Crippen molar-refractivity contribution in [2.75, 3.05) is 13.1 Å². The average molecular weight is 406 g/mol. The molecular weight excluding hydrogens is 384 g/mol. The third-order valence-corrected chi connectivity index (χ3v) is 4.97. The number of nitrogens with zero attached hydrogens (tertiary/aromatic N) is 6. The lowest BCUT2D eigenvalue weighted by atomic mass is 10.1. The van der Waals surface area contributed by atoms with E-state index in [-0.39, 0.29) is 18.2 Å². The van der Waals surface area contributed by atoms with Crippen molar-refractivity contribution in [1.29, 1.82) is 5.26 Å². The smallest absolute Gasteiger partial charge is 0.410 e. The predicted molar refractivity (Wildman–Crippen MR) is 108 cm³/mol. The highest BCUT2D eigenvalue weighted by Crippen LogP contribution is 2.31. The van der Waals surface area contributed by atoms with Gasteiger partial charge in [-0.1, -0.05) is 12.1 Å². The normalized spacial score (nSPS) is 14.7. The highest BCUT2D eigenvalue weighted by molar-refractivity contribution is 5.80. The number of likely N-dealkylation sites (tertiary alicyclic amines) is 1. The van der Waals surface area contributed by atoms with E-state index in [0.717, 1.165) is 12.8 Å². The number of fused-ring (bicyclic) bond motifs is 1. The highest BCUT2D eigenvalue weighted by Gasteiger charge is 2.27. The Bertz CT molecular complexity index is 1100. The van der Waals surface area contributed by atoms with Gasteiger partial charge in [-0.25, -0.2) is 19.4 Å². The number of aromatic nitrogens is 4. The number of amides is 1. The Kier molecular flexibility index (Phi) is 5.48. The molecule has 0 N–H and O–H groups in total. The van der Waals surface area contributed by atoms with Gasteiger partial charge in [0.1, 0.15) is 23.5 Å². The van der Waals surface area contributed by atoms with Gasteiger partial charge in [0.15, 0.2) is 5.65 Å². The number of ether oxygens (including phenoxy) is 2. The summed E-state index contributed by atoms with van der Waals surface area (Å²) in [4.78, 5) is 22.5. The molecule has 9 nitrogen and oxygen atoms in total. The molecule has 0 unspecified atom stereocenters. The molecule has 1 amide bonds. The minimum absolute atomic E-state index is 0.111. The van der Waals surface area contributed by atoms with Crippen LogP contribution in [0, 0.1) is 11.3 Å². The van der Waals surface area contributed by atoms with Gasteiger partial charge in [-0.2, -0.15) is 10.4 Å². The van der Waals surface area contributed by atoms with E-state index in [4.69, 9.17) is 9.47 Å². The van der Waals surface area contributed by atoms with E-state index in [1.54, 1.807) is 35.4 Å². The van der Waals surface area contributed by atoms with E-state index in [1.807, 2.05) is 18.5 Å². The highest BCUT2D eigenvalue weighted by atomic mass is 16.6. The zero-order valence-electron chi connectivity index (χ0n) is 16.9. The lowest BCUT2D eigenvalue weighted by molar-refractivity contribution is 0.0656. The molecule has 0 aliphatic carbocycles. The molecule has 0 saturated carbocycles. The van der Waals surface area contributed by atoms with Gasteiger partial charge < -0.3 is 14.4 Å². The van der Waals surface area contributed by atoms with E-state index in [0.29, 0.717) is 41.3 Å². The first-order valence-corrected chi connectivity index (χ1v) is 9.87. The molecule has 9 heteroatoms. The van der Waals surface area contributed by atoms with Crippen molar-refractivity contribution in [3.8, 4) is 17.7 Å². The summed E-state index contributed by atoms with van der Waals surface area (Å²) in [5, 5.41) is 14.5. The number of nitriles is 1. The average Bonchev–Trinajstić information content (AvgIpc) is 3.19. The summed E-state index contributed by atoms with van der Waals surface area (Å²) in [6.45, 7) is 4.88. The summed E-state index contributed by atoms with van der Waals surface area (Å²) < 4.78 is 13.1. The maximum Gasteiger partial charge on any atom is 0.410 e. The first-order valence-electron chi connectivity index (χ1n) is 9.87. The SMILES string of the molecule is CC(C)OC(=O)N1CCC(n2ncc3c(Oc4ccccc4C#N)ncnc32)CC1. The lowest BCUT2D eigenvalue weighted by Crippen LogP contribution is -2.40. The third-order valence-electron chi connectivity index (χ3n) is 4.97. The summed E-state index contributed by atoms with van der Waals surface area (Å²) >= 11 is 0. The number of rotatable bonds is 4. The molecule has 1 aromatic carbocycles. The van der Waals surface area contributed by atoms with Crippen LogP contribution in [0.4, 0.5) is 4.79 Å². The number of benzene rings is 1. The molecule has 0 radical (unpaired) electrons. The number of para-hydroxylation sites is 1. The minimum atomic E-state index is -0.275. The molecule has 2 aromatic heterocycles. The summed E-state index contributed by atoms with van der Waals surface area (Å²) in [6.07, 6.45) is 4.21. The van der Waals surface area contributed by atoms with Crippen LogP contribution in [0.3, 0.4) is 0 Å². The minimum Gasteiger partial charge on any atom is -0.447 e. The van der Waals surface area contributed by atoms with Gasteiger partial charge in [0.05, 0.1) is 23.9 Å². The Morgan fingerprint density at radius 2 is 2.00 bits per heavy atom. The molecule has 0 bridgehead atoms. The van der Waals surface area contributed by atoms with Crippen molar-refractivity contribution < 1.29 is 14.3 Å². The quantitative estimate of drug-likeness (QED) is 0.651. The molecule has 3 heterocycles. The van der Waals surface area contributed by atoms with Crippen LogP contribution in [0.2, 0.25) is 0 Å². The molecule has 1 aliphatic heterocycles. The van der Waals surface area contributed by atoms with Crippen molar-refractivity contribution in [2.45, 2.75) is 38.8 Å². The number of carbonyl (C=O) groups is 1. The van der Waals surface area contributed by atoms with Crippen LogP contribution in [0.15, 0.2) is 36.8 Å². The van der Waals surface area contributed by atoms with Crippen LogP contribution in [0.5, 0.6) is 11.6 Å². The molecule has 1 fully saturated rings. The van der Waals surface area contributed by atoms with Gasteiger partial charge >= 0.3 is 6.09 Å². The Morgan fingerprint density at radius 1 is 1.23 bits per heavy atom. The zero-order chi connectivity index (χ0) is 21.1. The molecule has 4 rings (SSSR count). The van der Waals surface area contributed by atoms with Gasteiger partial charge in [-0.3, -0.25) is 0 Å². The summed E-state index contributed by atoms with van der Waals surface area (Å²) in [5.74, 6) is 0.789. The molecule has 1 saturated heterocycles. The Morgan fingerprint density at radius 3 is 2.73 bits per heavy atom. The predicted octanol–water partition coefficient (Wildman–Crippen LogP) is 3.67. The number of hydrogen-bond donors (Lipinski definition) is 0. The molecule has 154 valence electrons. The molecule has 30 heavy (non-hydrogen) atoms. The molecule has 0 spiro atoms. The summed E-state index contributed by atoms with van der Waals surface area (Å²) in [5.41, 5.74) is 1.09. The summed E-state index contributed by atoms with van der Waals surface area (Å²) in [6, 6.07) is 9.22. The van der Waals surface area contributed by atoms with Crippen LogP contribution < -0.4 is 4.74 Å². The fraction of sp³-hybridized carbons (Fsp3) is 0.381. The van der Waals surface area contributed by atoms with Gasteiger partial charge in [-0.15, -0.1) is 0 Å². The molecule has 1 aliphatic rings. The zero-order valence-corrected chi connectivity index (χ0v) is 16.9. The number of piperidine rings is 1. The second-order valence-electron chi connectivity index (χ2n) is 7.37. The fourth-order valence-electron chi connectivity index (χ4n) is 3.51. The van der Waals surface area contributed by atoms with Crippen LogP contribution in [0.1, 0.15) is 38.3 Å². The number of carbonyl (C=O) groups excluding carboxylic acids is 1. The van der Waals surface area contributed by atoms with Gasteiger partial charge in [0, 0.05) is 13.1 Å². The molecular formula is C21H22N6O3. The number of hydrogen-bond acceptors (Lipinski definition) is 7.